The molecule has 0 aliphatic carbocycles. The SMILES string of the molecule is O=C1c2c(O)c(=O)ccn2N(C2c3ccc(F)c(F)c3CN3CSc4cccc2c43)C2COCCN12. The minimum absolute atomic E-state index is 0.159. The summed E-state index contributed by atoms with van der Waals surface area (Å²) in [5.41, 5.74) is 1.73. The summed E-state index contributed by atoms with van der Waals surface area (Å²) < 4.78 is 37.1. The highest BCUT2D eigenvalue weighted by atomic mass is 32.2. The van der Waals surface area contributed by atoms with Crippen LogP contribution >= 0.6 is 11.8 Å². The van der Waals surface area contributed by atoms with Gasteiger partial charge in [0.2, 0.25) is 5.43 Å². The Morgan fingerprint density at radius 1 is 1.08 bits per heavy atom. The highest BCUT2D eigenvalue weighted by molar-refractivity contribution is 7.99. The van der Waals surface area contributed by atoms with Crippen molar-refractivity contribution in [1.29, 1.82) is 0 Å². The van der Waals surface area contributed by atoms with E-state index in [1.54, 1.807) is 22.7 Å². The molecule has 5 heterocycles. The zero-order valence-corrected chi connectivity index (χ0v) is 19.7. The van der Waals surface area contributed by atoms with Crippen LogP contribution in [0.2, 0.25) is 0 Å². The first-order chi connectivity index (χ1) is 17.5. The van der Waals surface area contributed by atoms with Crippen LogP contribution in [0, 0.1) is 11.6 Å². The molecule has 1 saturated heterocycles. The molecule has 2 unspecified atom stereocenters. The van der Waals surface area contributed by atoms with Gasteiger partial charge >= 0.3 is 0 Å². The molecule has 1 N–H and O–H groups in total. The van der Waals surface area contributed by atoms with Gasteiger partial charge < -0.3 is 19.6 Å². The highest BCUT2D eigenvalue weighted by Crippen LogP contribution is 2.50. The molecule has 11 heteroatoms. The first-order valence-electron chi connectivity index (χ1n) is 11.5. The van der Waals surface area contributed by atoms with E-state index >= 15 is 4.39 Å². The second-order valence-corrected chi connectivity index (χ2v) is 10.1. The van der Waals surface area contributed by atoms with Crippen molar-refractivity contribution in [2.75, 3.05) is 35.5 Å². The fraction of sp³-hybridized carbons (Fsp3) is 0.280. The van der Waals surface area contributed by atoms with E-state index in [2.05, 4.69) is 0 Å². The average Bonchev–Trinajstić information content (AvgIpc) is 3.24. The van der Waals surface area contributed by atoms with Gasteiger partial charge in [0.25, 0.3) is 5.91 Å². The molecule has 1 fully saturated rings. The fourth-order valence-electron chi connectivity index (χ4n) is 5.75. The van der Waals surface area contributed by atoms with Crippen molar-refractivity contribution in [2.24, 2.45) is 0 Å². The van der Waals surface area contributed by atoms with Crippen LogP contribution in [-0.4, -0.2) is 52.4 Å². The van der Waals surface area contributed by atoms with Gasteiger partial charge in [0, 0.05) is 41.4 Å². The van der Waals surface area contributed by atoms with Crippen LogP contribution in [-0.2, 0) is 11.3 Å². The lowest BCUT2D eigenvalue weighted by atomic mass is 9.93. The van der Waals surface area contributed by atoms with Crippen molar-refractivity contribution >= 4 is 23.4 Å². The molecule has 8 nitrogen and oxygen atoms in total. The Morgan fingerprint density at radius 3 is 2.81 bits per heavy atom. The molecule has 0 bridgehead atoms. The van der Waals surface area contributed by atoms with Gasteiger partial charge in [0.1, 0.15) is 12.2 Å². The van der Waals surface area contributed by atoms with Crippen molar-refractivity contribution in [3.8, 4) is 5.75 Å². The summed E-state index contributed by atoms with van der Waals surface area (Å²) in [4.78, 5) is 30.4. The van der Waals surface area contributed by atoms with E-state index in [0.717, 1.165) is 22.2 Å². The van der Waals surface area contributed by atoms with Crippen LogP contribution in [0.1, 0.15) is 33.2 Å². The van der Waals surface area contributed by atoms with Gasteiger partial charge in [0.15, 0.2) is 23.1 Å². The standard InChI is InChI=1S/C25H20F2N4O4S/c26-16-5-4-13-15(20(16)27)10-28-12-36-18-3-1-2-14(22(18)28)21(13)31-19-11-35-9-8-29(19)25(34)23-24(33)17(32)6-7-30(23)31/h1-7,19,21,33H,8-12H2. The van der Waals surface area contributed by atoms with Gasteiger partial charge in [0.05, 0.1) is 24.8 Å². The number of aromatic nitrogens is 1. The van der Waals surface area contributed by atoms with Crippen LogP contribution in [0.25, 0.3) is 0 Å². The number of pyridine rings is 1. The number of thioether (sulfide) groups is 1. The molecular weight excluding hydrogens is 490 g/mol. The van der Waals surface area contributed by atoms with Crippen molar-refractivity contribution in [2.45, 2.75) is 23.6 Å². The summed E-state index contributed by atoms with van der Waals surface area (Å²) in [7, 11) is 0. The Hall–Kier alpha value is -3.57. The van der Waals surface area contributed by atoms with Crippen LogP contribution < -0.4 is 15.3 Å². The number of rotatable bonds is 1. The van der Waals surface area contributed by atoms with E-state index in [-0.39, 0.29) is 31.0 Å². The zero-order valence-electron chi connectivity index (χ0n) is 18.9. The van der Waals surface area contributed by atoms with E-state index in [4.69, 9.17) is 4.74 Å². The summed E-state index contributed by atoms with van der Waals surface area (Å²) in [6.07, 6.45) is 0.838. The van der Waals surface area contributed by atoms with E-state index in [1.165, 1.54) is 16.9 Å². The molecule has 4 aliphatic heterocycles. The minimum Gasteiger partial charge on any atom is -0.502 e. The molecule has 184 valence electrons. The molecular formula is C25H20F2N4O4S. The van der Waals surface area contributed by atoms with Crippen LogP contribution in [0.4, 0.5) is 14.5 Å². The maximum absolute atomic E-state index is 15.4. The van der Waals surface area contributed by atoms with E-state index in [1.807, 2.05) is 28.1 Å². The third-order valence-corrected chi connectivity index (χ3v) is 8.41. The van der Waals surface area contributed by atoms with Crippen molar-refractivity contribution < 1.29 is 23.4 Å². The van der Waals surface area contributed by atoms with E-state index in [0.29, 0.717) is 18.0 Å². The lowest BCUT2D eigenvalue weighted by Gasteiger charge is -2.51. The first-order valence-corrected chi connectivity index (χ1v) is 12.5. The number of nitrogens with zero attached hydrogens (tertiary/aromatic N) is 4. The number of hydrogen-bond donors (Lipinski definition) is 1. The Morgan fingerprint density at radius 2 is 1.94 bits per heavy atom. The zero-order chi connectivity index (χ0) is 24.7. The Balaban J connectivity index is 1.56. The molecule has 0 spiro atoms. The molecule has 1 aromatic heterocycles. The predicted octanol–water partition coefficient (Wildman–Crippen LogP) is 2.76. The Labute approximate surface area is 208 Å². The van der Waals surface area contributed by atoms with Crippen LogP contribution in [0.5, 0.6) is 5.75 Å². The first kappa shape index (κ1) is 21.7. The molecule has 0 radical (unpaired) electrons. The monoisotopic (exact) mass is 510 g/mol. The van der Waals surface area contributed by atoms with Crippen molar-refractivity contribution in [1.82, 2.24) is 9.58 Å². The third-order valence-electron chi connectivity index (χ3n) is 7.33. The summed E-state index contributed by atoms with van der Waals surface area (Å²) in [6.45, 7) is 0.919. The number of ether oxygens (including phenoxy) is 1. The van der Waals surface area contributed by atoms with Gasteiger partial charge in [-0.05, 0) is 17.7 Å². The normalized spacial score (nSPS) is 22.1. The quantitative estimate of drug-likeness (QED) is 0.540. The molecule has 4 aliphatic rings. The molecule has 2 atom stereocenters. The third kappa shape index (κ3) is 2.83. The number of carbonyl (C=O) groups excluding carboxylic acids is 1. The minimum atomic E-state index is -0.927. The average molecular weight is 511 g/mol. The summed E-state index contributed by atoms with van der Waals surface area (Å²) in [5, 5.41) is 12.5. The van der Waals surface area contributed by atoms with E-state index < -0.39 is 40.9 Å². The maximum Gasteiger partial charge on any atom is 0.278 e. The lowest BCUT2D eigenvalue weighted by molar-refractivity contribution is -0.0196. The number of hydrogen-bond acceptors (Lipinski definition) is 7. The number of benzene rings is 2. The lowest BCUT2D eigenvalue weighted by Crippen LogP contribution is -2.66. The number of aromatic hydroxyl groups is 1. The van der Waals surface area contributed by atoms with Gasteiger partial charge in [-0.25, -0.2) is 8.78 Å². The predicted molar refractivity (Wildman–Crippen MR) is 128 cm³/mol. The second kappa shape index (κ2) is 7.71. The molecule has 7 rings (SSSR count). The number of amides is 1. The smallest absolute Gasteiger partial charge is 0.278 e. The van der Waals surface area contributed by atoms with Crippen LogP contribution in [0.3, 0.4) is 0 Å². The Bertz CT molecular complexity index is 1510. The van der Waals surface area contributed by atoms with Gasteiger partial charge in [-0.1, -0.05) is 18.2 Å². The molecule has 36 heavy (non-hydrogen) atoms. The van der Waals surface area contributed by atoms with Crippen LogP contribution in [0.15, 0.2) is 52.3 Å². The number of morpholine rings is 1. The number of anilines is 1. The molecule has 1 amide bonds. The molecule has 3 aromatic rings. The summed E-state index contributed by atoms with van der Waals surface area (Å²) in [6, 6.07) is 9.10. The maximum atomic E-state index is 15.4. The Kier molecular flexibility index (Phi) is 4.65. The second-order valence-electron chi connectivity index (χ2n) is 9.15. The largest absolute Gasteiger partial charge is 0.502 e. The van der Waals surface area contributed by atoms with Gasteiger partial charge in [-0.2, -0.15) is 0 Å². The number of halogens is 2. The topological polar surface area (TPSA) is 78.2 Å². The number of para-hydroxylation sites is 1. The molecule has 2 aromatic carbocycles. The molecule has 0 saturated carbocycles. The number of fused-ring (bicyclic) bond motifs is 3. The summed E-state index contributed by atoms with van der Waals surface area (Å²) in [5.74, 6) is -2.37. The van der Waals surface area contributed by atoms with E-state index in [9.17, 15) is 19.1 Å². The fourth-order valence-corrected chi connectivity index (χ4v) is 6.82. The van der Waals surface area contributed by atoms with Gasteiger partial charge in [-0.3, -0.25) is 19.3 Å². The van der Waals surface area contributed by atoms with Crippen molar-refractivity contribution in [3.63, 3.8) is 0 Å². The highest BCUT2D eigenvalue weighted by Gasteiger charge is 2.47. The number of carbonyl (C=O) groups is 1. The van der Waals surface area contributed by atoms with Gasteiger partial charge in [-0.15, -0.1) is 11.8 Å². The summed E-state index contributed by atoms with van der Waals surface area (Å²) >= 11 is 1.62. The van der Waals surface area contributed by atoms with Crippen molar-refractivity contribution in [3.05, 3.63) is 86.8 Å².